The van der Waals surface area contributed by atoms with E-state index in [9.17, 15) is 4.79 Å². The maximum atomic E-state index is 12.2. The van der Waals surface area contributed by atoms with Gasteiger partial charge in [-0.1, -0.05) is 12.1 Å². The maximum absolute atomic E-state index is 12.2. The van der Waals surface area contributed by atoms with E-state index in [0.717, 1.165) is 28.2 Å². The Morgan fingerprint density at radius 1 is 1.27 bits per heavy atom. The Kier molecular flexibility index (Phi) is 2.82. The normalized spacial score (nSPS) is 16.6. The van der Waals surface area contributed by atoms with E-state index in [1.165, 1.54) is 0 Å². The van der Waals surface area contributed by atoms with Crippen LogP contribution < -0.4 is 10.1 Å². The van der Waals surface area contributed by atoms with Gasteiger partial charge in [-0.2, -0.15) is 0 Å². The van der Waals surface area contributed by atoms with Crippen molar-refractivity contribution in [2.45, 2.75) is 12.5 Å². The molecule has 6 nitrogen and oxygen atoms in total. The minimum Gasteiger partial charge on any atom is -0.497 e. The number of hydrogen-bond acceptors (Lipinski definition) is 4. The van der Waals surface area contributed by atoms with Gasteiger partial charge < -0.3 is 10.1 Å². The number of carbonyl (C=O) groups is 1. The van der Waals surface area contributed by atoms with Crippen molar-refractivity contribution in [3.63, 3.8) is 0 Å². The first kappa shape index (κ1) is 12.8. The summed E-state index contributed by atoms with van der Waals surface area (Å²) >= 11 is 0. The number of methoxy groups -OCH3 is 1. The fourth-order valence-corrected chi connectivity index (χ4v) is 2.81. The molecule has 1 aliphatic rings. The molecule has 0 fully saturated rings. The Bertz CT molecular complexity index is 854. The zero-order valence-corrected chi connectivity index (χ0v) is 12.0. The number of rotatable bonds is 3. The standard InChI is InChI=1S/C16H14N4O2/c1-22-11-4-2-10(3-5-11)8-13-15-18-12-6-7-17-9-14(12)20(15)16(21)19-13/h2-7,9,13H,8H2,1H3,(H,19,21). The molecule has 0 saturated carbocycles. The number of aromatic nitrogens is 3. The zero-order valence-electron chi connectivity index (χ0n) is 12.0. The van der Waals surface area contributed by atoms with Crippen LogP contribution in [0.3, 0.4) is 0 Å². The SMILES string of the molecule is COc1ccc(CC2NC(=O)n3c2nc2ccncc23)cc1. The summed E-state index contributed by atoms with van der Waals surface area (Å²) in [5.41, 5.74) is 2.65. The molecule has 6 heteroatoms. The van der Waals surface area contributed by atoms with Crippen LogP contribution in [0.25, 0.3) is 11.0 Å². The van der Waals surface area contributed by atoms with E-state index < -0.39 is 0 Å². The molecule has 0 spiro atoms. The number of carbonyl (C=O) groups excluding carboxylic acids is 1. The van der Waals surface area contributed by atoms with Gasteiger partial charge in [-0.15, -0.1) is 0 Å². The summed E-state index contributed by atoms with van der Waals surface area (Å²) in [4.78, 5) is 20.8. The van der Waals surface area contributed by atoms with E-state index in [1.807, 2.05) is 30.3 Å². The first-order valence-electron chi connectivity index (χ1n) is 7.02. The molecular formula is C16H14N4O2. The topological polar surface area (TPSA) is 69.0 Å². The van der Waals surface area contributed by atoms with E-state index in [2.05, 4.69) is 15.3 Å². The van der Waals surface area contributed by atoms with Crippen LogP contribution >= 0.6 is 0 Å². The number of amides is 1. The van der Waals surface area contributed by atoms with Gasteiger partial charge >= 0.3 is 6.03 Å². The predicted octanol–water partition coefficient (Wildman–Crippen LogP) is 2.29. The largest absolute Gasteiger partial charge is 0.497 e. The summed E-state index contributed by atoms with van der Waals surface area (Å²) in [7, 11) is 1.64. The number of nitrogens with one attached hydrogen (secondary N) is 1. The minimum atomic E-state index is -0.149. The third-order valence-electron chi connectivity index (χ3n) is 3.89. The van der Waals surface area contributed by atoms with E-state index >= 15 is 0 Å². The molecule has 1 N–H and O–H groups in total. The van der Waals surface area contributed by atoms with Crippen molar-refractivity contribution in [3.05, 3.63) is 54.1 Å². The van der Waals surface area contributed by atoms with Crippen LogP contribution in [0.2, 0.25) is 0 Å². The maximum Gasteiger partial charge on any atom is 0.328 e. The summed E-state index contributed by atoms with van der Waals surface area (Å²) in [5.74, 6) is 1.56. The first-order chi connectivity index (χ1) is 10.8. The summed E-state index contributed by atoms with van der Waals surface area (Å²) < 4.78 is 6.77. The highest BCUT2D eigenvalue weighted by molar-refractivity contribution is 5.92. The van der Waals surface area contributed by atoms with Crippen molar-refractivity contribution in [2.75, 3.05) is 7.11 Å². The van der Waals surface area contributed by atoms with E-state index in [4.69, 9.17) is 4.74 Å². The monoisotopic (exact) mass is 294 g/mol. The molecule has 0 saturated heterocycles. The van der Waals surface area contributed by atoms with Crippen molar-refractivity contribution in [3.8, 4) is 5.75 Å². The van der Waals surface area contributed by atoms with Gasteiger partial charge in [-0.25, -0.2) is 14.3 Å². The van der Waals surface area contributed by atoms with Crippen molar-refractivity contribution in [1.29, 1.82) is 0 Å². The number of nitrogens with zero attached hydrogens (tertiary/aromatic N) is 3. The van der Waals surface area contributed by atoms with Crippen LogP contribution in [0.5, 0.6) is 5.75 Å². The molecule has 0 aliphatic carbocycles. The van der Waals surface area contributed by atoms with Gasteiger partial charge in [-0.3, -0.25) is 4.98 Å². The quantitative estimate of drug-likeness (QED) is 0.804. The molecule has 3 heterocycles. The lowest BCUT2D eigenvalue weighted by Crippen LogP contribution is -2.22. The molecule has 1 aliphatic heterocycles. The molecule has 110 valence electrons. The smallest absolute Gasteiger partial charge is 0.328 e. The number of pyridine rings is 1. The summed E-state index contributed by atoms with van der Waals surface area (Å²) in [6.45, 7) is 0. The summed E-state index contributed by atoms with van der Waals surface area (Å²) in [6, 6.07) is 9.36. The molecule has 1 aromatic carbocycles. The van der Waals surface area contributed by atoms with Gasteiger partial charge in [0.1, 0.15) is 11.6 Å². The number of fused-ring (bicyclic) bond motifs is 3. The highest BCUT2D eigenvalue weighted by atomic mass is 16.5. The van der Waals surface area contributed by atoms with Gasteiger partial charge in [0.15, 0.2) is 0 Å². The summed E-state index contributed by atoms with van der Waals surface area (Å²) in [6.07, 6.45) is 4.04. The lowest BCUT2D eigenvalue weighted by Gasteiger charge is -2.09. The van der Waals surface area contributed by atoms with Crippen LogP contribution in [-0.2, 0) is 6.42 Å². The number of hydrogen-bond donors (Lipinski definition) is 1. The Labute approximate surface area is 126 Å². The fourth-order valence-electron chi connectivity index (χ4n) is 2.81. The van der Waals surface area contributed by atoms with Gasteiger partial charge in [0.25, 0.3) is 0 Å². The van der Waals surface area contributed by atoms with Gasteiger partial charge in [-0.05, 0) is 30.2 Å². The molecule has 0 bridgehead atoms. The van der Waals surface area contributed by atoms with E-state index in [-0.39, 0.29) is 12.1 Å². The Hall–Kier alpha value is -2.89. The number of benzene rings is 1. The third kappa shape index (κ3) is 1.92. The number of imidazole rings is 1. The highest BCUT2D eigenvalue weighted by Crippen LogP contribution is 2.27. The van der Waals surface area contributed by atoms with E-state index in [1.54, 1.807) is 24.1 Å². The first-order valence-corrected chi connectivity index (χ1v) is 7.02. The zero-order chi connectivity index (χ0) is 15.1. The lowest BCUT2D eigenvalue weighted by atomic mass is 10.1. The average Bonchev–Trinajstić information content (AvgIpc) is 3.07. The fraction of sp³-hybridized carbons (Fsp3) is 0.188. The highest BCUT2D eigenvalue weighted by Gasteiger charge is 2.32. The lowest BCUT2D eigenvalue weighted by molar-refractivity contribution is 0.245. The second-order valence-electron chi connectivity index (χ2n) is 5.22. The second kappa shape index (κ2) is 4.84. The second-order valence-corrected chi connectivity index (χ2v) is 5.22. The molecule has 22 heavy (non-hydrogen) atoms. The van der Waals surface area contributed by atoms with Gasteiger partial charge in [0.05, 0.1) is 30.4 Å². The van der Waals surface area contributed by atoms with Crippen molar-refractivity contribution >= 4 is 17.1 Å². The van der Waals surface area contributed by atoms with Crippen LogP contribution in [0, 0.1) is 0 Å². The third-order valence-corrected chi connectivity index (χ3v) is 3.89. The van der Waals surface area contributed by atoms with Crippen molar-refractivity contribution in [1.82, 2.24) is 19.9 Å². The average molecular weight is 294 g/mol. The molecule has 0 radical (unpaired) electrons. The van der Waals surface area contributed by atoms with Crippen LogP contribution in [0.15, 0.2) is 42.7 Å². The number of ether oxygens (including phenoxy) is 1. The molecule has 1 unspecified atom stereocenters. The van der Waals surface area contributed by atoms with Crippen LogP contribution in [0.1, 0.15) is 17.4 Å². The van der Waals surface area contributed by atoms with Crippen LogP contribution in [-0.4, -0.2) is 27.7 Å². The van der Waals surface area contributed by atoms with Crippen molar-refractivity contribution in [2.24, 2.45) is 0 Å². The van der Waals surface area contributed by atoms with Crippen LogP contribution in [0.4, 0.5) is 4.79 Å². The van der Waals surface area contributed by atoms with Gasteiger partial charge in [0.2, 0.25) is 0 Å². The molecule has 4 rings (SSSR count). The van der Waals surface area contributed by atoms with E-state index in [0.29, 0.717) is 6.42 Å². The molecule has 3 aromatic rings. The molecule has 1 amide bonds. The Morgan fingerprint density at radius 3 is 2.86 bits per heavy atom. The Balaban J connectivity index is 1.69. The molecular weight excluding hydrogens is 280 g/mol. The molecule has 2 aromatic heterocycles. The predicted molar refractivity (Wildman–Crippen MR) is 80.9 cm³/mol. The van der Waals surface area contributed by atoms with Crippen molar-refractivity contribution < 1.29 is 9.53 Å². The Morgan fingerprint density at radius 2 is 2.09 bits per heavy atom. The summed E-state index contributed by atoms with van der Waals surface area (Å²) in [5, 5.41) is 2.97. The van der Waals surface area contributed by atoms with Gasteiger partial charge in [0, 0.05) is 6.20 Å². The minimum absolute atomic E-state index is 0.131. The molecule has 1 atom stereocenters.